The number of benzene rings is 1. The van der Waals surface area contributed by atoms with Gasteiger partial charge in [0.15, 0.2) is 0 Å². The van der Waals surface area contributed by atoms with Crippen LogP contribution in [0.3, 0.4) is 0 Å². The number of thiophene rings is 1. The molecule has 0 spiro atoms. The lowest BCUT2D eigenvalue weighted by Crippen LogP contribution is -2.49. The average molecular weight is 344 g/mol. The molecule has 1 aliphatic heterocycles. The van der Waals surface area contributed by atoms with E-state index >= 15 is 0 Å². The first kappa shape index (κ1) is 17.0. The maximum Gasteiger partial charge on any atom is 0.226 e. The van der Waals surface area contributed by atoms with Gasteiger partial charge in [-0.15, -0.1) is 11.3 Å². The number of piperazine rings is 1. The van der Waals surface area contributed by atoms with Gasteiger partial charge in [0.2, 0.25) is 5.91 Å². The highest BCUT2D eigenvalue weighted by molar-refractivity contribution is 7.10. The second kappa shape index (κ2) is 8.31. The van der Waals surface area contributed by atoms with E-state index in [1.807, 2.05) is 35.2 Å². The lowest BCUT2D eigenvalue weighted by molar-refractivity contribution is -0.133. The second-order valence-electron chi connectivity index (χ2n) is 6.02. The molecule has 0 aliphatic carbocycles. The zero-order valence-electron chi connectivity index (χ0n) is 14.1. The topological polar surface area (TPSA) is 32.8 Å². The Hall–Kier alpha value is -1.85. The molecule has 0 saturated carbocycles. The van der Waals surface area contributed by atoms with Crippen molar-refractivity contribution in [1.29, 1.82) is 0 Å². The van der Waals surface area contributed by atoms with Crippen LogP contribution in [0.25, 0.3) is 0 Å². The molecule has 1 unspecified atom stereocenters. The molecule has 5 heteroatoms. The molecule has 2 heterocycles. The lowest BCUT2D eigenvalue weighted by atomic mass is 10.2. The van der Waals surface area contributed by atoms with Crippen LogP contribution >= 0.6 is 11.3 Å². The minimum Gasteiger partial charge on any atom is -0.493 e. The first-order valence-electron chi connectivity index (χ1n) is 8.47. The van der Waals surface area contributed by atoms with Crippen molar-refractivity contribution in [2.24, 2.45) is 0 Å². The molecule has 0 N–H and O–H groups in total. The van der Waals surface area contributed by atoms with Crippen LogP contribution in [0.2, 0.25) is 0 Å². The fourth-order valence-corrected chi connectivity index (χ4v) is 3.82. The van der Waals surface area contributed by atoms with E-state index in [2.05, 4.69) is 29.3 Å². The van der Waals surface area contributed by atoms with Crippen molar-refractivity contribution >= 4 is 17.2 Å². The molecule has 24 heavy (non-hydrogen) atoms. The zero-order chi connectivity index (χ0) is 16.8. The van der Waals surface area contributed by atoms with Gasteiger partial charge in [-0.3, -0.25) is 9.69 Å². The molecular formula is C19H24N2O2S. The molecule has 1 fully saturated rings. The number of nitrogens with zero attached hydrogens (tertiary/aromatic N) is 2. The Morgan fingerprint density at radius 3 is 2.54 bits per heavy atom. The Bertz CT molecular complexity index is 622. The molecule has 1 aromatic heterocycles. The predicted molar refractivity (Wildman–Crippen MR) is 97.4 cm³/mol. The predicted octanol–water partition coefficient (Wildman–Crippen LogP) is 3.42. The van der Waals surface area contributed by atoms with E-state index in [1.54, 1.807) is 11.3 Å². The van der Waals surface area contributed by atoms with E-state index in [9.17, 15) is 4.79 Å². The summed E-state index contributed by atoms with van der Waals surface area (Å²) in [5.74, 6) is 1.01. The van der Waals surface area contributed by atoms with Crippen LogP contribution in [-0.4, -0.2) is 48.5 Å². The molecule has 2 aromatic rings. The molecular weight excluding hydrogens is 320 g/mol. The van der Waals surface area contributed by atoms with Crippen LogP contribution < -0.4 is 4.74 Å². The molecule has 1 amide bonds. The van der Waals surface area contributed by atoms with Crippen LogP contribution in [0.1, 0.15) is 24.3 Å². The van der Waals surface area contributed by atoms with Crippen molar-refractivity contribution in [2.45, 2.75) is 19.4 Å². The summed E-state index contributed by atoms with van der Waals surface area (Å²) in [5, 5.41) is 2.12. The molecule has 1 atom stereocenters. The highest BCUT2D eigenvalue weighted by atomic mass is 32.1. The quantitative estimate of drug-likeness (QED) is 0.805. The Balaban J connectivity index is 1.40. The van der Waals surface area contributed by atoms with Crippen LogP contribution in [0, 0.1) is 0 Å². The van der Waals surface area contributed by atoms with E-state index < -0.39 is 0 Å². The lowest BCUT2D eigenvalue weighted by Gasteiger charge is -2.37. The molecule has 128 valence electrons. The highest BCUT2D eigenvalue weighted by Crippen LogP contribution is 2.25. The van der Waals surface area contributed by atoms with Gasteiger partial charge in [0.25, 0.3) is 0 Å². The minimum atomic E-state index is 0.189. The van der Waals surface area contributed by atoms with Gasteiger partial charge in [0.05, 0.1) is 13.0 Å². The number of hydrogen-bond donors (Lipinski definition) is 0. The first-order chi connectivity index (χ1) is 11.7. The van der Waals surface area contributed by atoms with Gasteiger partial charge in [-0.25, -0.2) is 0 Å². The molecule has 4 nitrogen and oxygen atoms in total. The molecule has 1 saturated heterocycles. The van der Waals surface area contributed by atoms with E-state index in [1.165, 1.54) is 4.88 Å². The van der Waals surface area contributed by atoms with Crippen molar-refractivity contribution in [3.63, 3.8) is 0 Å². The number of amides is 1. The normalized spacial score (nSPS) is 16.8. The highest BCUT2D eigenvalue weighted by Gasteiger charge is 2.24. The summed E-state index contributed by atoms with van der Waals surface area (Å²) >= 11 is 1.80. The standard InChI is InChI=1S/C19H24N2O2S/c1-16(18-8-5-15-24-18)20-10-12-21(13-11-20)19(22)9-14-23-17-6-3-2-4-7-17/h2-8,15-16H,9-14H2,1H3. The van der Waals surface area contributed by atoms with Crippen molar-refractivity contribution in [3.05, 3.63) is 52.7 Å². The molecule has 1 aromatic carbocycles. The Morgan fingerprint density at radius 2 is 1.88 bits per heavy atom. The zero-order valence-corrected chi connectivity index (χ0v) is 14.9. The molecule has 0 bridgehead atoms. The summed E-state index contributed by atoms with van der Waals surface area (Å²) < 4.78 is 5.62. The summed E-state index contributed by atoms with van der Waals surface area (Å²) in [6, 6.07) is 14.4. The maximum atomic E-state index is 12.3. The van der Waals surface area contributed by atoms with Gasteiger partial charge in [-0.05, 0) is 30.5 Å². The van der Waals surface area contributed by atoms with Crippen molar-refractivity contribution in [1.82, 2.24) is 9.80 Å². The van der Waals surface area contributed by atoms with Gasteiger partial charge >= 0.3 is 0 Å². The van der Waals surface area contributed by atoms with Gasteiger partial charge in [0.1, 0.15) is 5.75 Å². The monoisotopic (exact) mass is 344 g/mol. The summed E-state index contributed by atoms with van der Waals surface area (Å²) in [4.78, 5) is 18.1. The summed E-state index contributed by atoms with van der Waals surface area (Å²) in [7, 11) is 0. The van der Waals surface area contributed by atoms with Gasteiger partial charge in [0, 0.05) is 37.1 Å². The molecule has 0 radical (unpaired) electrons. The number of rotatable bonds is 6. The fourth-order valence-electron chi connectivity index (χ4n) is 3.00. The van der Waals surface area contributed by atoms with Crippen LogP contribution in [0.5, 0.6) is 5.75 Å². The smallest absolute Gasteiger partial charge is 0.226 e. The van der Waals surface area contributed by atoms with Gasteiger partial charge in [-0.2, -0.15) is 0 Å². The third-order valence-electron chi connectivity index (χ3n) is 4.50. The van der Waals surface area contributed by atoms with Crippen LogP contribution in [0.15, 0.2) is 47.8 Å². The molecule has 1 aliphatic rings. The summed E-state index contributed by atoms with van der Waals surface area (Å²) in [5.41, 5.74) is 0. The minimum absolute atomic E-state index is 0.189. The number of carbonyl (C=O) groups is 1. The van der Waals surface area contributed by atoms with E-state index in [-0.39, 0.29) is 5.91 Å². The Kier molecular flexibility index (Phi) is 5.88. The second-order valence-corrected chi connectivity index (χ2v) is 7.00. The largest absolute Gasteiger partial charge is 0.493 e. The van der Waals surface area contributed by atoms with E-state index in [4.69, 9.17) is 4.74 Å². The van der Waals surface area contributed by atoms with Crippen LogP contribution in [0.4, 0.5) is 0 Å². The number of hydrogen-bond acceptors (Lipinski definition) is 4. The Morgan fingerprint density at radius 1 is 1.12 bits per heavy atom. The third kappa shape index (κ3) is 4.36. The number of para-hydroxylation sites is 1. The van der Waals surface area contributed by atoms with Gasteiger partial charge < -0.3 is 9.64 Å². The first-order valence-corrected chi connectivity index (χ1v) is 9.35. The van der Waals surface area contributed by atoms with E-state index in [0.29, 0.717) is 19.1 Å². The average Bonchev–Trinajstić information content (AvgIpc) is 3.17. The van der Waals surface area contributed by atoms with Crippen molar-refractivity contribution in [3.8, 4) is 5.75 Å². The van der Waals surface area contributed by atoms with Crippen molar-refractivity contribution < 1.29 is 9.53 Å². The number of carbonyl (C=O) groups excluding carboxylic acids is 1. The molecule has 3 rings (SSSR count). The SMILES string of the molecule is CC(c1cccs1)N1CCN(C(=O)CCOc2ccccc2)CC1. The van der Waals surface area contributed by atoms with Crippen molar-refractivity contribution in [2.75, 3.05) is 32.8 Å². The fraction of sp³-hybridized carbons (Fsp3) is 0.421. The summed E-state index contributed by atoms with van der Waals surface area (Å²) in [6.07, 6.45) is 0.440. The Labute approximate surface area is 147 Å². The van der Waals surface area contributed by atoms with Gasteiger partial charge in [-0.1, -0.05) is 24.3 Å². The third-order valence-corrected chi connectivity index (χ3v) is 5.54. The summed E-state index contributed by atoms with van der Waals surface area (Å²) in [6.45, 7) is 6.17. The maximum absolute atomic E-state index is 12.3. The number of ether oxygens (including phenoxy) is 1. The van der Waals surface area contributed by atoms with Crippen LogP contribution in [-0.2, 0) is 4.79 Å². The van der Waals surface area contributed by atoms with E-state index in [0.717, 1.165) is 31.9 Å².